The predicted octanol–water partition coefficient (Wildman–Crippen LogP) is 2.25. The molecule has 1 N–H and O–H groups in total. The monoisotopic (exact) mass is 367 g/mol. The largest absolute Gasteiger partial charge is 0.340 e. The number of benzene rings is 1. The van der Waals surface area contributed by atoms with Gasteiger partial charge in [0, 0.05) is 37.6 Å². The van der Waals surface area contributed by atoms with Gasteiger partial charge in [-0.25, -0.2) is 0 Å². The zero-order chi connectivity index (χ0) is 16.3. The van der Waals surface area contributed by atoms with Crippen LogP contribution in [0.5, 0.6) is 0 Å². The van der Waals surface area contributed by atoms with Crippen molar-refractivity contribution in [2.24, 2.45) is 0 Å². The van der Waals surface area contributed by atoms with E-state index in [4.69, 9.17) is 0 Å². The number of carbonyl (C=O) groups excluding carboxylic acids is 2. The molecule has 6 heteroatoms. The molecule has 0 aliphatic carbocycles. The van der Waals surface area contributed by atoms with Crippen molar-refractivity contribution in [2.75, 3.05) is 31.5 Å². The molecule has 0 unspecified atom stereocenters. The third-order valence-electron chi connectivity index (χ3n) is 4.07. The lowest BCUT2D eigenvalue weighted by molar-refractivity contribution is -0.131. The molecule has 1 heterocycles. The number of amides is 2. The maximum atomic E-state index is 12.4. The Morgan fingerprint density at radius 2 is 1.86 bits per heavy atom. The Balaban J connectivity index is 1.94. The fourth-order valence-corrected chi connectivity index (χ4v) is 3.14. The average Bonchev–Trinajstić information content (AvgIpc) is 2.49. The molecule has 0 aromatic heterocycles. The summed E-state index contributed by atoms with van der Waals surface area (Å²) in [4.78, 5) is 27.7. The lowest BCUT2D eigenvalue weighted by Gasteiger charge is -2.37. The van der Waals surface area contributed by atoms with E-state index in [-0.39, 0.29) is 17.9 Å². The smallest absolute Gasteiger partial charge is 0.241 e. The highest BCUT2D eigenvalue weighted by molar-refractivity contribution is 9.10. The fraction of sp³-hybridized carbons (Fsp3) is 0.500. The Bertz CT molecular complexity index is 569. The highest BCUT2D eigenvalue weighted by Gasteiger charge is 2.26. The standard InChI is InChI=1S/C16H22BrN3O2/c1-11-4-5-15(14(17)10-11)18-16(22)12(2)19-6-8-20(9-7-19)13(3)21/h4-5,10,12H,6-9H2,1-3H3,(H,18,22)/t12-/m1/s1. The number of anilines is 1. The number of halogens is 1. The van der Waals surface area contributed by atoms with E-state index in [0.717, 1.165) is 28.8 Å². The molecular formula is C16H22BrN3O2. The van der Waals surface area contributed by atoms with Gasteiger partial charge >= 0.3 is 0 Å². The number of aryl methyl sites for hydroxylation is 1. The second-order valence-corrected chi connectivity index (χ2v) is 6.54. The van der Waals surface area contributed by atoms with Gasteiger partial charge in [-0.05, 0) is 47.5 Å². The van der Waals surface area contributed by atoms with Crippen molar-refractivity contribution < 1.29 is 9.59 Å². The highest BCUT2D eigenvalue weighted by atomic mass is 79.9. The number of rotatable bonds is 3. The van der Waals surface area contributed by atoms with Crippen molar-refractivity contribution in [3.8, 4) is 0 Å². The van der Waals surface area contributed by atoms with Gasteiger partial charge in [0.15, 0.2) is 0 Å². The van der Waals surface area contributed by atoms with Gasteiger partial charge in [0.05, 0.1) is 11.7 Å². The minimum atomic E-state index is -0.220. The molecule has 1 aromatic carbocycles. The van der Waals surface area contributed by atoms with E-state index < -0.39 is 0 Å². The van der Waals surface area contributed by atoms with Crippen LogP contribution in [0.4, 0.5) is 5.69 Å². The van der Waals surface area contributed by atoms with Crippen LogP contribution in [0.1, 0.15) is 19.4 Å². The Hall–Kier alpha value is -1.40. The zero-order valence-electron chi connectivity index (χ0n) is 13.2. The second kappa shape index (κ2) is 7.24. The summed E-state index contributed by atoms with van der Waals surface area (Å²) in [6.45, 7) is 8.31. The van der Waals surface area contributed by atoms with E-state index in [2.05, 4.69) is 26.1 Å². The maximum absolute atomic E-state index is 12.4. The van der Waals surface area contributed by atoms with Crippen LogP contribution < -0.4 is 5.32 Å². The Labute approximate surface area is 139 Å². The Morgan fingerprint density at radius 3 is 2.41 bits per heavy atom. The topological polar surface area (TPSA) is 52.7 Å². The summed E-state index contributed by atoms with van der Waals surface area (Å²) in [6.07, 6.45) is 0. The molecule has 120 valence electrons. The van der Waals surface area contributed by atoms with Gasteiger partial charge < -0.3 is 10.2 Å². The minimum absolute atomic E-state index is 0.0270. The first-order chi connectivity index (χ1) is 10.4. The molecule has 2 rings (SSSR count). The van der Waals surface area contributed by atoms with Gasteiger partial charge in [-0.15, -0.1) is 0 Å². The second-order valence-electron chi connectivity index (χ2n) is 5.69. The molecule has 0 bridgehead atoms. The van der Waals surface area contributed by atoms with Crippen LogP contribution in [0.15, 0.2) is 22.7 Å². The van der Waals surface area contributed by atoms with Crippen molar-refractivity contribution >= 4 is 33.4 Å². The lowest BCUT2D eigenvalue weighted by atomic mass is 10.2. The van der Waals surface area contributed by atoms with Crippen LogP contribution in [0, 0.1) is 6.92 Å². The first-order valence-electron chi connectivity index (χ1n) is 7.45. The number of nitrogens with one attached hydrogen (secondary N) is 1. The van der Waals surface area contributed by atoms with Crippen LogP contribution in [-0.2, 0) is 9.59 Å². The van der Waals surface area contributed by atoms with E-state index in [1.165, 1.54) is 0 Å². The average molecular weight is 368 g/mol. The van der Waals surface area contributed by atoms with Gasteiger partial charge in [-0.3, -0.25) is 14.5 Å². The summed E-state index contributed by atoms with van der Waals surface area (Å²) in [5.74, 6) is 0.0705. The number of carbonyl (C=O) groups is 2. The zero-order valence-corrected chi connectivity index (χ0v) is 14.8. The van der Waals surface area contributed by atoms with E-state index in [0.29, 0.717) is 13.1 Å². The predicted molar refractivity (Wildman–Crippen MR) is 90.8 cm³/mol. The van der Waals surface area contributed by atoms with Crippen LogP contribution >= 0.6 is 15.9 Å². The Morgan fingerprint density at radius 1 is 1.23 bits per heavy atom. The molecule has 1 fully saturated rings. The quantitative estimate of drug-likeness (QED) is 0.891. The molecule has 1 saturated heterocycles. The molecule has 0 saturated carbocycles. The minimum Gasteiger partial charge on any atom is -0.340 e. The maximum Gasteiger partial charge on any atom is 0.241 e. The van der Waals surface area contributed by atoms with E-state index in [1.807, 2.05) is 36.9 Å². The van der Waals surface area contributed by atoms with Crippen molar-refractivity contribution in [1.29, 1.82) is 0 Å². The normalized spacial score (nSPS) is 17.2. The molecule has 5 nitrogen and oxygen atoms in total. The summed E-state index contributed by atoms with van der Waals surface area (Å²) in [5, 5.41) is 2.96. The number of nitrogens with zero attached hydrogens (tertiary/aromatic N) is 2. The summed E-state index contributed by atoms with van der Waals surface area (Å²) in [6, 6.07) is 5.63. The first-order valence-corrected chi connectivity index (χ1v) is 8.24. The van der Waals surface area contributed by atoms with Gasteiger partial charge in [0.1, 0.15) is 0 Å². The number of hydrogen-bond donors (Lipinski definition) is 1. The molecule has 1 aliphatic rings. The van der Waals surface area contributed by atoms with Crippen molar-refractivity contribution in [3.05, 3.63) is 28.2 Å². The fourth-order valence-electron chi connectivity index (χ4n) is 2.55. The lowest BCUT2D eigenvalue weighted by Crippen LogP contribution is -2.53. The van der Waals surface area contributed by atoms with E-state index in [1.54, 1.807) is 6.92 Å². The van der Waals surface area contributed by atoms with Gasteiger partial charge in [-0.1, -0.05) is 6.07 Å². The van der Waals surface area contributed by atoms with Crippen LogP contribution in [0.2, 0.25) is 0 Å². The molecule has 0 radical (unpaired) electrons. The number of piperazine rings is 1. The van der Waals surface area contributed by atoms with Crippen molar-refractivity contribution in [1.82, 2.24) is 9.80 Å². The Kier molecular flexibility index (Phi) is 5.58. The first kappa shape index (κ1) is 17.0. The van der Waals surface area contributed by atoms with Gasteiger partial charge in [0.25, 0.3) is 0 Å². The molecule has 2 amide bonds. The van der Waals surface area contributed by atoms with Crippen molar-refractivity contribution in [3.63, 3.8) is 0 Å². The molecule has 1 atom stereocenters. The van der Waals surface area contributed by atoms with Crippen LogP contribution in [0.25, 0.3) is 0 Å². The third-order valence-corrected chi connectivity index (χ3v) is 4.73. The SMILES string of the molecule is CC(=O)N1CCN([C@H](C)C(=O)Nc2ccc(C)cc2Br)CC1. The van der Waals surface area contributed by atoms with Crippen LogP contribution in [-0.4, -0.2) is 53.8 Å². The summed E-state index contributed by atoms with van der Waals surface area (Å²) >= 11 is 3.47. The number of hydrogen-bond acceptors (Lipinski definition) is 3. The van der Waals surface area contributed by atoms with Gasteiger partial charge in [-0.2, -0.15) is 0 Å². The van der Waals surface area contributed by atoms with E-state index >= 15 is 0 Å². The highest BCUT2D eigenvalue weighted by Crippen LogP contribution is 2.23. The molecule has 1 aromatic rings. The molecule has 22 heavy (non-hydrogen) atoms. The van der Waals surface area contributed by atoms with Crippen LogP contribution in [0.3, 0.4) is 0 Å². The summed E-state index contributed by atoms with van der Waals surface area (Å²) in [5.41, 5.74) is 1.92. The summed E-state index contributed by atoms with van der Waals surface area (Å²) in [7, 11) is 0. The molecule has 1 aliphatic heterocycles. The van der Waals surface area contributed by atoms with Gasteiger partial charge in [0.2, 0.25) is 11.8 Å². The van der Waals surface area contributed by atoms with Crippen molar-refractivity contribution in [2.45, 2.75) is 26.8 Å². The molecule has 0 spiro atoms. The molecular weight excluding hydrogens is 346 g/mol. The third kappa shape index (κ3) is 4.08. The summed E-state index contributed by atoms with van der Waals surface area (Å²) < 4.78 is 0.884. The van der Waals surface area contributed by atoms with E-state index in [9.17, 15) is 9.59 Å².